The number of carbonyl (C=O) groups is 2. The van der Waals surface area contributed by atoms with Crippen LogP contribution in [-0.4, -0.2) is 21.5 Å². The van der Waals surface area contributed by atoms with Crippen LogP contribution in [0.5, 0.6) is 0 Å². The smallest absolute Gasteiger partial charge is 0.270 e. The average Bonchev–Trinajstić information content (AvgIpc) is 2.92. The van der Waals surface area contributed by atoms with E-state index in [1.165, 1.54) is 4.90 Å². The quantitative estimate of drug-likeness (QED) is 0.401. The number of fused-ring (bicyclic) bond motifs is 1. The van der Waals surface area contributed by atoms with Crippen LogP contribution in [0.25, 0.3) is 17.0 Å². The summed E-state index contributed by atoms with van der Waals surface area (Å²) in [4.78, 5) is 27.3. The number of rotatable bonds is 2. The number of amides is 2. The molecule has 29 heavy (non-hydrogen) atoms. The van der Waals surface area contributed by atoms with Crippen molar-refractivity contribution in [1.29, 1.82) is 0 Å². The minimum atomic E-state index is -0.479. The van der Waals surface area contributed by atoms with E-state index in [1.807, 2.05) is 70.3 Å². The highest BCUT2D eigenvalue weighted by molar-refractivity contribution is 7.80. The lowest BCUT2D eigenvalue weighted by Crippen LogP contribution is -2.54. The van der Waals surface area contributed by atoms with Gasteiger partial charge in [0.25, 0.3) is 11.8 Å². The molecule has 3 aromatic rings. The number of hydrogen-bond acceptors (Lipinski definition) is 3. The van der Waals surface area contributed by atoms with Crippen LogP contribution in [0.2, 0.25) is 0 Å². The van der Waals surface area contributed by atoms with Gasteiger partial charge in [0.15, 0.2) is 5.11 Å². The lowest BCUT2D eigenvalue weighted by atomic mass is 10.0. The number of para-hydroxylation sites is 1. The summed E-state index contributed by atoms with van der Waals surface area (Å²) in [6, 6.07) is 13.6. The molecule has 4 rings (SSSR count). The van der Waals surface area contributed by atoms with Gasteiger partial charge in [-0.1, -0.05) is 24.3 Å². The number of nitrogens with zero attached hydrogens (tertiary/aromatic N) is 2. The van der Waals surface area contributed by atoms with Gasteiger partial charge in [-0.15, -0.1) is 0 Å². The van der Waals surface area contributed by atoms with Crippen LogP contribution in [0, 0.1) is 20.8 Å². The third-order valence-electron chi connectivity index (χ3n) is 5.59. The van der Waals surface area contributed by atoms with Crippen LogP contribution in [-0.2, 0) is 16.6 Å². The molecule has 0 atom stereocenters. The predicted molar refractivity (Wildman–Crippen MR) is 120 cm³/mol. The Morgan fingerprint density at radius 2 is 1.72 bits per heavy atom. The highest BCUT2D eigenvalue weighted by Crippen LogP contribution is 2.29. The van der Waals surface area contributed by atoms with E-state index >= 15 is 0 Å². The number of nitrogens with one attached hydrogen (secondary N) is 1. The summed E-state index contributed by atoms with van der Waals surface area (Å²) in [6.07, 6.45) is 1.67. The van der Waals surface area contributed by atoms with Gasteiger partial charge in [-0.05, 0) is 68.4 Å². The van der Waals surface area contributed by atoms with Crippen molar-refractivity contribution in [2.24, 2.45) is 7.05 Å². The first-order chi connectivity index (χ1) is 13.8. The normalized spacial score (nSPS) is 16.1. The van der Waals surface area contributed by atoms with E-state index in [9.17, 15) is 9.59 Å². The molecule has 5 nitrogen and oxygen atoms in total. The van der Waals surface area contributed by atoms with Gasteiger partial charge in [-0.3, -0.25) is 19.8 Å². The van der Waals surface area contributed by atoms with Crippen LogP contribution in [0.1, 0.15) is 22.4 Å². The molecule has 1 N–H and O–H groups in total. The Bertz CT molecular complexity index is 1240. The topological polar surface area (TPSA) is 54.3 Å². The summed E-state index contributed by atoms with van der Waals surface area (Å²) in [6.45, 7) is 5.96. The fraction of sp³-hybridized carbons (Fsp3) is 0.174. The predicted octanol–water partition coefficient (Wildman–Crippen LogP) is 3.93. The molecular weight excluding hydrogens is 382 g/mol. The van der Waals surface area contributed by atoms with Crippen molar-refractivity contribution in [2.75, 3.05) is 4.90 Å². The molecule has 0 bridgehead atoms. The number of aryl methyl sites for hydroxylation is 3. The molecule has 2 heterocycles. The summed E-state index contributed by atoms with van der Waals surface area (Å²) >= 11 is 5.31. The zero-order chi connectivity index (χ0) is 20.9. The molecule has 1 fully saturated rings. The molecule has 2 amide bonds. The molecule has 1 saturated heterocycles. The summed E-state index contributed by atoms with van der Waals surface area (Å²) < 4.78 is 2.05. The van der Waals surface area contributed by atoms with E-state index in [0.29, 0.717) is 5.69 Å². The zero-order valence-corrected chi connectivity index (χ0v) is 17.6. The molecule has 0 aliphatic carbocycles. The number of thiocarbonyl (C=S) groups is 1. The summed E-state index contributed by atoms with van der Waals surface area (Å²) in [5.74, 6) is -0.901. The van der Waals surface area contributed by atoms with Gasteiger partial charge in [0.05, 0.1) is 5.69 Å². The fourth-order valence-electron chi connectivity index (χ4n) is 3.63. The molecule has 0 radical (unpaired) electrons. The van der Waals surface area contributed by atoms with Crippen molar-refractivity contribution < 1.29 is 9.59 Å². The standard InChI is InChI=1S/C23H21N3O2S/c1-13-9-10-16(11-14(13)2)26-22(28)19(21(27)24-23(26)29)12-18-15(3)25(4)20-8-6-5-7-17(18)20/h5-12H,1-4H3,(H,24,27,29)/b19-12+. The van der Waals surface area contributed by atoms with Gasteiger partial charge < -0.3 is 4.57 Å². The molecule has 0 spiro atoms. The lowest BCUT2D eigenvalue weighted by molar-refractivity contribution is -0.122. The number of carbonyl (C=O) groups excluding carboxylic acids is 2. The number of anilines is 1. The molecule has 1 aliphatic heterocycles. The van der Waals surface area contributed by atoms with Gasteiger partial charge in [0, 0.05) is 29.2 Å². The molecular formula is C23H21N3O2S. The van der Waals surface area contributed by atoms with Crippen LogP contribution >= 0.6 is 12.2 Å². The van der Waals surface area contributed by atoms with Gasteiger partial charge in [0.1, 0.15) is 5.57 Å². The first-order valence-electron chi connectivity index (χ1n) is 9.32. The van der Waals surface area contributed by atoms with E-state index in [2.05, 4.69) is 9.88 Å². The maximum Gasteiger partial charge on any atom is 0.270 e. The molecule has 1 aromatic heterocycles. The van der Waals surface area contributed by atoms with Crippen molar-refractivity contribution in [1.82, 2.24) is 9.88 Å². The molecule has 146 valence electrons. The van der Waals surface area contributed by atoms with E-state index in [4.69, 9.17) is 12.2 Å². The third-order valence-corrected chi connectivity index (χ3v) is 5.87. The summed E-state index contributed by atoms with van der Waals surface area (Å²) in [5, 5.41) is 3.74. The second-order valence-electron chi connectivity index (χ2n) is 7.30. The Morgan fingerprint density at radius 1 is 1.00 bits per heavy atom. The van der Waals surface area contributed by atoms with Crippen molar-refractivity contribution in [3.05, 3.63) is 70.4 Å². The van der Waals surface area contributed by atoms with E-state index in [-0.39, 0.29) is 10.7 Å². The Hall–Kier alpha value is -3.25. The van der Waals surface area contributed by atoms with Crippen LogP contribution < -0.4 is 10.2 Å². The minimum absolute atomic E-state index is 0.0660. The number of benzene rings is 2. The van der Waals surface area contributed by atoms with Gasteiger partial charge in [-0.25, -0.2) is 0 Å². The second kappa shape index (κ2) is 6.97. The highest BCUT2D eigenvalue weighted by Gasteiger charge is 2.35. The van der Waals surface area contributed by atoms with Crippen molar-refractivity contribution >= 4 is 51.8 Å². The first kappa shape index (κ1) is 19.1. The number of hydrogen-bond donors (Lipinski definition) is 1. The van der Waals surface area contributed by atoms with Gasteiger partial charge in [-0.2, -0.15) is 0 Å². The lowest BCUT2D eigenvalue weighted by Gasteiger charge is -2.29. The Balaban J connectivity index is 1.85. The van der Waals surface area contributed by atoms with E-state index < -0.39 is 11.8 Å². The average molecular weight is 404 g/mol. The molecule has 6 heteroatoms. The van der Waals surface area contributed by atoms with Gasteiger partial charge >= 0.3 is 0 Å². The van der Waals surface area contributed by atoms with Crippen molar-refractivity contribution in [3.63, 3.8) is 0 Å². The Kier molecular flexibility index (Phi) is 4.59. The summed E-state index contributed by atoms with van der Waals surface area (Å²) in [5.41, 5.74) is 5.75. The largest absolute Gasteiger partial charge is 0.347 e. The van der Waals surface area contributed by atoms with Crippen LogP contribution in [0.15, 0.2) is 48.0 Å². The first-order valence-corrected chi connectivity index (χ1v) is 9.73. The third kappa shape index (κ3) is 3.06. The second-order valence-corrected chi connectivity index (χ2v) is 7.69. The van der Waals surface area contributed by atoms with Crippen LogP contribution in [0.4, 0.5) is 5.69 Å². The summed E-state index contributed by atoms with van der Waals surface area (Å²) in [7, 11) is 1.97. The monoisotopic (exact) mass is 403 g/mol. The maximum absolute atomic E-state index is 13.3. The fourth-order valence-corrected chi connectivity index (χ4v) is 3.91. The van der Waals surface area contributed by atoms with Crippen molar-refractivity contribution in [2.45, 2.75) is 20.8 Å². The molecule has 0 unspecified atom stereocenters. The molecule has 2 aromatic carbocycles. The SMILES string of the molecule is Cc1ccc(N2C(=O)/C(=C/c3c(C)n(C)c4ccccc34)C(=O)NC2=S)cc1C. The van der Waals surface area contributed by atoms with Crippen molar-refractivity contribution in [3.8, 4) is 0 Å². The van der Waals surface area contributed by atoms with Crippen LogP contribution in [0.3, 0.4) is 0 Å². The Labute approximate surface area is 174 Å². The molecule has 0 saturated carbocycles. The number of aromatic nitrogens is 1. The molecule has 1 aliphatic rings. The van der Waals surface area contributed by atoms with E-state index in [1.54, 1.807) is 6.08 Å². The zero-order valence-electron chi connectivity index (χ0n) is 16.7. The Morgan fingerprint density at radius 3 is 2.45 bits per heavy atom. The van der Waals surface area contributed by atoms with Gasteiger partial charge in [0.2, 0.25) is 0 Å². The minimum Gasteiger partial charge on any atom is -0.347 e. The maximum atomic E-state index is 13.3. The highest BCUT2D eigenvalue weighted by atomic mass is 32.1. The van der Waals surface area contributed by atoms with E-state index in [0.717, 1.165) is 33.3 Å².